The fraction of sp³-hybridized carbons (Fsp3) is 0.105. The molecule has 0 aliphatic carbocycles. The van der Waals surface area contributed by atoms with E-state index in [4.69, 9.17) is 4.74 Å². The van der Waals surface area contributed by atoms with E-state index < -0.39 is 0 Å². The third-order valence-electron chi connectivity index (χ3n) is 3.57. The number of phenolic OH excluding ortho intramolecular Hbond substituents is 1. The molecule has 1 N–H and O–H groups in total. The van der Waals surface area contributed by atoms with Crippen molar-refractivity contribution in [2.24, 2.45) is 0 Å². The Balaban J connectivity index is 1.83. The number of fused-ring (bicyclic) bond motifs is 1. The maximum Gasteiger partial charge on any atom is 0.185 e. The number of ether oxygens (including phenoxy) is 1. The molecule has 3 rings (SSSR count). The van der Waals surface area contributed by atoms with Gasteiger partial charge in [0.1, 0.15) is 17.6 Å². The number of carbonyl (C=O) groups is 1. The highest BCUT2D eigenvalue weighted by molar-refractivity contribution is 6.05. The van der Waals surface area contributed by atoms with Gasteiger partial charge in [-0.25, -0.2) is 0 Å². The number of hydrogen-bond donors (Lipinski definition) is 1. The van der Waals surface area contributed by atoms with Crippen LogP contribution in [0.3, 0.4) is 0 Å². The van der Waals surface area contributed by atoms with Gasteiger partial charge in [0.15, 0.2) is 5.78 Å². The maximum absolute atomic E-state index is 12.1. The number of aromatic hydroxyl groups is 1. The van der Waals surface area contributed by atoms with E-state index in [2.05, 4.69) is 0 Å². The molecule has 110 valence electrons. The van der Waals surface area contributed by atoms with Crippen LogP contribution in [-0.4, -0.2) is 17.0 Å². The lowest BCUT2D eigenvalue weighted by Crippen LogP contribution is -2.17. The summed E-state index contributed by atoms with van der Waals surface area (Å²) < 4.78 is 5.83. The minimum absolute atomic E-state index is 0.0850. The van der Waals surface area contributed by atoms with E-state index in [1.165, 1.54) is 18.2 Å². The van der Waals surface area contributed by atoms with Crippen molar-refractivity contribution in [2.75, 3.05) is 0 Å². The number of phenols is 1. The molecular formula is C19H16O3. The summed E-state index contributed by atoms with van der Waals surface area (Å²) in [7, 11) is 0. The normalized spacial score (nSPS) is 16.8. The van der Waals surface area contributed by atoms with Crippen molar-refractivity contribution in [1.82, 2.24) is 0 Å². The van der Waals surface area contributed by atoms with Gasteiger partial charge in [-0.3, -0.25) is 4.79 Å². The summed E-state index contributed by atoms with van der Waals surface area (Å²) in [6.07, 6.45) is 5.19. The Morgan fingerprint density at radius 1 is 1.18 bits per heavy atom. The van der Waals surface area contributed by atoms with Gasteiger partial charge in [-0.1, -0.05) is 36.4 Å². The first-order valence-corrected chi connectivity index (χ1v) is 7.12. The van der Waals surface area contributed by atoms with Crippen LogP contribution >= 0.6 is 0 Å². The number of carbonyl (C=O) groups excluding carboxylic acids is 1. The number of para-hydroxylation sites is 1. The lowest BCUT2D eigenvalue weighted by molar-refractivity contribution is 0.104. The molecule has 1 aliphatic heterocycles. The smallest absolute Gasteiger partial charge is 0.185 e. The van der Waals surface area contributed by atoms with Crippen molar-refractivity contribution in [1.29, 1.82) is 0 Å². The maximum atomic E-state index is 12.1. The molecule has 2 aromatic carbocycles. The molecule has 0 saturated heterocycles. The molecule has 0 bridgehead atoms. The Morgan fingerprint density at radius 3 is 2.82 bits per heavy atom. The third kappa shape index (κ3) is 2.93. The van der Waals surface area contributed by atoms with Gasteiger partial charge in [-0.05, 0) is 42.8 Å². The van der Waals surface area contributed by atoms with Crippen LogP contribution in [0.25, 0.3) is 6.08 Å². The molecular weight excluding hydrogens is 276 g/mol. The van der Waals surface area contributed by atoms with E-state index in [0.717, 1.165) is 16.9 Å². The Labute approximate surface area is 129 Å². The number of ketones is 1. The zero-order chi connectivity index (χ0) is 15.5. The van der Waals surface area contributed by atoms with Gasteiger partial charge in [0.25, 0.3) is 0 Å². The topological polar surface area (TPSA) is 46.5 Å². The summed E-state index contributed by atoms with van der Waals surface area (Å²) >= 11 is 0. The molecule has 1 atom stereocenters. The van der Waals surface area contributed by atoms with Gasteiger partial charge in [0, 0.05) is 11.1 Å². The minimum Gasteiger partial charge on any atom is -0.508 e. The van der Waals surface area contributed by atoms with Crippen LogP contribution < -0.4 is 4.74 Å². The minimum atomic E-state index is -0.150. The Hall–Kier alpha value is -2.81. The van der Waals surface area contributed by atoms with Gasteiger partial charge >= 0.3 is 0 Å². The van der Waals surface area contributed by atoms with Gasteiger partial charge in [0.2, 0.25) is 0 Å². The third-order valence-corrected chi connectivity index (χ3v) is 3.57. The molecule has 0 amide bonds. The zero-order valence-electron chi connectivity index (χ0n) is 12.2. The van der Waals surface area contributed by atoms with E-state index >= 15 is 0 Å². The summed E-state index contributed by atoms with van der Waals surface area (Å²) in [5, 5.41) is 9.42. The fourth-order valence-electron chi connectivity index (χ4n) is 2.37. The SMILES string of the molecule is C[C@H]1Oc2ccccc2C=C1C=CC(=O)c1cccc(O)c1. The largest absolute Gasteiger partial charge is 0.508 e. The summed E-state index contributed by atoms with van der Waals surface area (Å²) in [6.45, 7) is 1.95. The van der Waals surface area contributed by atoms with Crippen molar-refractivity contribution in [3.8, 4) is 11.5 Å². The molecule has 0 spiro atoms. The standard InChI is InChI=1S/C19H16O3/c1-13-14(11-16-5-2-3-8-19(16)22-13)9-10-18(21)15-6-4-7-17(20)12-15/h2-13,20H,1H3/t13-/m1/s1. The van der Waals surface area contributed by atoms with E-state index in [9.17, 15) is 9.90 Å². The molecule has 22 heavy (non-hydrogen) atoms. The summed E-state index contributed by atoms with van der Waals surface area (Å²) in [5.74, 6) is 0.788. The Bertz CT molecular complexity index is 772. The van der Waals surface area contributed by atoms with Crippen molar-refractivity contribution >= 4 is 11.9 Å². The monoisotopic (exact) mass is 292 g/mol. The first-order chi connectivity index (χ1) is 10.6. The molecule has 0 saturated carbocycles. The highest BCUT2D eigenvalue weighted by Crippen LogP contribution is 2.29. The van der Waals surface area contributed by atoms with Gasteiger partial charge in [-0.15, -0.1) is 0 Å². The highest BCUT2D eigenvalue weighted by Gasteiger charge is 2.16. The average molecular weight is 292 g/mol. The van der Waals surface area contributed by atoms with Crippen LogP contribution in [0, 0.1) is 0 Å². The van der Waals surface area contributed by atoms with E-state index in [-0.39, 0.29) is 17.6 Å². The number of benzene rings is 2. The molecule has 0 fully saturated rings. The van der Waals surface area contributed by atoms with Crippen LogP contribution in [0.1, 0.15) is 22.8 Å². The zero-order valence-corrected chi connectivity index (χ0v) is 12.2. The van der Waals surface area contributed by atoms with E-state index in [1.54, 1.807) is 18.2 Å². The predicted octanol–water partition coefficient (Wildman–Crippen LogP) is 4.00. The van der Waals surface area contributed by atoms with Crippen LogP contribution in [0.5, 0.6) is 11.5 Å². The van der Waals surface area contributed by atoms with Crippen molar-refractivity contribution in [3.05, 3.63) is 77.4 Å². The second-order valence-electron chi connectivity index (χ2n) is 5.19. The molecule has 0 aromatic heterocycles. The second-order valence-corrected chi connectivity index (χ2v) is 5.19. The van der Waals surface area contributed by atoms with Gasteiger partial charge in [0.05, 0.1) is 0 Å². The fourth-order valence-corrected chi connectivity index (χ4v) is 2.37. The molecule has 0 radical (unpaired) electrons. The van der Waals surface area contributed by atoms with E-state index in [0.29, 0.717) is 5.56 Å². The summed E-state index contributed by atoms with van der Waals surface area (Å²) in [4.78, 5) is 12.1. The summed E-state index contributed by atoms with van der Waals surface area (Å²) in [5.41, 5.74) is 2.40. The Morgan fingerprint density at radius 2 is 2.00 bits per heavy atom. The lowest BCUT2D eigenvalue weighted by Gasteiger charge is -2.22. The van der Waals surface area contributed by atoms with E-state index in [1.807, 2.05) is 37.3 Å². The van der Waals surface area contributed by atoms with Crippen LogP contribution in [0.4, 0.5) is 0 Å². The van der Waals surface area contributed by atoms with Crippen LogP contribution in [-0.2, 0) is 0 Å². The first-order valence-electron chi connectivity index (χ1n) is 7.12. The van der Waals surface area contributed by atoms with Gasteiger partial charge < -0.3 is 9.84 Å². The van der Waals surface area contributed by atoms with Gasteiger partial charge in [-0.2, -0.15) is 0 Å². The quantitative estimate of drug-likeness (QED) is 0.687. The van der Waals surface area contributed by atoms with Crippen molar-refractivity contribution in [2.45, 2.75) is 13.0 Å². The highest BCUT2D eigenvalue weighted by atomic mass is 16.5. The number of rotatable bonds is 3. The predicted molar refractivity (Wildman–Crippen MR) is 86.1 cm³/mol. The molecule has 1 aliphatic rings. The molecule has 3 nitrogen and oxygen atoms in total. The van der Waals surface area contributed by atoms with Crippen molar-refractivity contribution in [3.63, 3.8) is 0 Å². The molecule has 0 unspecified atom stereocenters. The molecule has 2 aromatic rings. The van der Waals surface area contributed by atoms with Crippen LogP contribution in [0.2, 0.25) is 0 Å². The second kappa shape index (κ2) is 5.90. The summed E-state index contributed by atoms with van der Waals surface area (Å²) in [6, 6.07) is 14.1. The Kier molecular flexibility index (Phi) is 3.79. The molecule has 1 heterocycles. The first kappa shape index (κ1) is 14.1. The average Bonchev–Trinajstić information content (AvgIpc) is 2.52. The number of hydrogen-bond acceptors (Lipinski definition) is 3. The van der Waals surface area contributed by atoms with Crippen LogP contribution in [0.15, 0.2) is 66.3 Å². The van der Waals surface area contributed by atoms with Crippen molar-refractivity contribution < 1.29 is 14.6 Å². The lowest BCUT2D eigenvalue weighted by atomic mass is 10.0. The number of allylic oxidation sites excluding steroid dienone is 1. The molecule has 3 heteroatoms.